The zero-order chi connectivity index (χ0) is 78.1. The lowest BCUT2D eigenvalue weighted by molar-refractivity contribution is 0.496. The summed E-state index contributed by atoms with van der Waals surface area (Å²) in [5, 5.41) is 4.00. The molecule has 20 heteroatoms. The van der Waals surface area contributed by atoms with Crippen molar-refractivity contribution in [3.05, 3.63) is 249 Å². The van der Waals surface area contributed by atoms with Crippen LogP contribution in [0.3, 0.4) is 0 Å². The molecule has 0 amide bonds. The first-order valence-electron chi connectivity index (χ1n) is 34.5. The van der Waals surface area contributed by atoms with Crippen LogP contribution in [0.4, 0.5) is 57.1 Å². The zero-order valence-electron chi connectivity index (χ0n) is 63.0. The van der Waals surface area contributed by atoms with Crippen molar-refractivity contribution in [1.82, 2.24) is 34.9 Å². The summed E-state index contributed by atoms with van der Waals surface area (Å²) >= 11 is 0. The number of aryl methyl sites for hydroxylation is 3. The van der Waals surface area contributed by atoms with E-state index in [-0.39, 0.29) is 67.1 Å². The maximum absolute atomic E-state index is 13.6. The molecule has 556 valence electrons. The Labute approximate surface area is 592 Å². The number of aromatic nitrogens is 7. The fourth-order valence-electron chi connectivity index (χ4n) is 9.42. The van der Waals surface area contributed by atoms with Crippen LogP contribution in [0.1, 0.15) is 178 Å². The van der Waals surface area contributed by atoms with E-state index in [9.17, 15) is 57.1 Å². The highest BCUT2D eigenvalue weighted by Crippen LogP contribution is 2.30. The minimum atomic E-state index is -1.18. The Morgan fingerprint density at radius 3 is 1.15 bits per heavy atom. The zero-order valence-corrected chi connectivity index (χ0v) is 63.0. The molecular formula is C82H102F13N7. The van der Waals surface area contributed by atoms with Crippen molar-refractivity contribution in [1.29, 1.82) is 0 Å². The van der Waals surface area contributed by atoms with E-state index in [1.165, 1.54) is 49.8 Å². The Morgan fingerprint density at radius 1 is 0.304 bits per heavy atom. The summed E-state index contributed by atoms with van der Waals surface area (Å²) in [6.45, 7) is 44.7. The molecule has 7 heterocycles. The van der Waals surface area contributed by atoms with Crippen LogP contribution < -0.4 is 0 Å². The molecule has 7 aromatic carbocycles. The van der Waals surface area contributed by atoms with Gasteiger partial charge in [0, 0.05) is 92.7 Å². The molecule has 0 aliphatic carbocycles. The molecule has 0 radical (unpaired) electrons. The molecule has 0 aliphatic rings. The van der Waals surface area contributed by atoms with Crippen LogP contribution in [0, 0.1) is 96.4 Å². The molecule has 102 heavy (non-hydrogen) atoms. The largest absolute Gasteiger partial charge is 0.359 e. The summed E-state index contributed by atoms with van der Waals surface area (Å²) in [6, 6.07) is 25.9. The first-order valence-corrected chi connectivity index (χ1v) is 34.5. The van der Waals surface area contributed by atoms with Crippen LogP contribution in [0.15, 0.2) is 140 Å². The number of rotatable bonds is 2. The highest BCUT2D eigenvalue weighted by molar-refractivity contribution is 5.85. The molecule has 14 rings (SSSR count). The van der Waals surface area contributed by atoms with E-state index in [2.05, 4.69) is 69.5 Å². The summed E-state index contributed by atoms with van der Waals surface area (Å²) in [6.07, 6.45) is 12.0. The van der Waals surface area contributed by atoms with Gasteiger partial charge >= 0.3 is 0 Å². The van der Waals surface area contributed by atoms with Crippen molar-refractivity contribution >= 4 is 76.3 Å². The molecule has 0 unspecified atom stereocenters. The first-order chi connectivity index (χ1) is 48.7. The highest BCUT2D eigenvalue weighted by Gasteiger charge is 2.19. The number of aromatic amines is 7. The first kappa shape index (κ1) is 90.4. The normalized spacial score (nSPS) is 10.1. The quantitative estimate of drug-likeness (QED) is 0.0661. The van der Waals surface area contributed by atoms with Gasteiger partial charge in [-0.05, 0) is 157 Å². The van der Waals surface area contributed by atoms with Gasteiger partial charge in [-0.2, -0.15) is 0 Å². The van der Waals surface area contributed by atoms with E-state index in [1.54, 1.807) is 69.0 Å². The summed E-state index contributed by atoms with van der Waals surface area (Å²) in [5.74, 6) is -8.31. The molecule has 0 atom stereocenters. The van der Waals surface area contributed by atoms with Gasteiger partial charge in [-0.1, -0.05) is 138 Å². The van der Waals surface area contributed by atoms with Gasteiger partial charge in [0.1, 0.15) is 40.7 Å². The lowest BCUT2D eigenvalue weighted by Gasteiger charge is -2.19. The van der Waals surface area contributed by atoms with Crippen LogP contribution >= 0.6 is 0 Å². The molecule has 7 N–H and O–H groups in total. The predicted octanol–water partition coefficient (Wildman–Crippen LogP) is 28.1. The molecule has 0 saturated heterocycles. The predicted molar refractivity (Wildman–Crippen MR) is 403 cm³/mol. The molecule has 0 bridgehead atoms. The van der Waals surface area contributed by atoms with Crippen molar-refractivity contribution in [3.8, 4) is 0 Å². The van der Waals surface area contributed by atoms with Crippen molar-refractivity contribution in [3.63, 3.8) is 0 Å². The number of hydrogen-bond donors (Lipinski definition) is 7. The van der Waals surface area contributed by atoms with Crippen LogP contribution in [-0.4, -0.2) is 34.9 Å². The molecule has 0 saturated carbocycles. The van der Waals surface area contributed by atoms with Crippen molar-refractivity contribution in [2.75, 3.05) is 0 Å². The molecule has 14 aromatic rings. The van der Waals surface area contributed by atoms with Gasteiger partial charge in [0.15, 0.2) is 34.9 Å². The van der Waals surface area contributed by atoms with E-state index in [0.29, 0.717) is 50.4 Å². The van der Waals surface area contributed by atoms with Crippen molar-refractivity contribution < 1.29 is 57.1 Å². The maximum Gasteiger partial charge on any atom is 0.183 e. The second-order valence-corrected chi connectivity index (χ2v) is 21.9. The van der Waals surface area contributed by atoms with Crippen molar-refractivity contribution in [2.45, 2.75) is 177 Å². The van der Waals surface area contributed by atoms with Gasteiger partial charge in [-0.15, -0.1) is 0 Å². The lowest BCUT2D eigenvalue weighted by atomic mass is 9.86. The molecular weight excluding hydrogens is 1330 g/mol. The van der Waals surface area contributed by atoms with Gasteiger partial charge in [-0.3, -0.25) is 0 Å². The minimum absolute atomic E-state index is 0.00764. The van der Waals surface area contributed by atoms with Gasteiger partial charge in [-0.25, -0.2) is 57.1 Å². The highest BCUT2D eigenvalue weighted by atomic mass is 19.2. The Kier molecular flexibility index (Phi) is 39.6. The topological polar surface area (TPSA) is 111 Å². The number of hydrogen-bond acceptors (Lipinski definition) is 0. The Hall–Kier alpha value is -9.59. The second kappa shape index (κ2) is 44.6. The van der Waals surface area contributed by atoms with E-state index in [0.717, 1.165) is 39.3 Å². The number of halogens is 13. The SMILES string of the molecule is CC.CC.CC.CC.CC.CC.CC.CC(C)(C)c1cc(F)c2[nH]ccc2c1.CC(C)c1cc(F)c2[nH]ccc2c1.CCc1cc(F)c2[nH]ccc2c1.Cc1c(F)c(F)c2[nH]ccc2c1F.Cc1cc(F)c2[nH]ccc2c1F.Cc1cc2cc[nH]c2c(F)c1F.Fc1cc(F)c2cc[nH]c2c1F. The molecule has 0 spiro atoms. The Bertz CT molecular complexity index is 4620. The minimum Gasteiger partial charge on any atom is -0.359 e. The Morgan fingerprint density at radius 2 is 0.667 bits per heavy atom. The van der Waals surface area contributed by atoms with Crippen LogP contribution in [-0.2, 0) is 11.8 Å². The fraction of sp³-hybridized carbons (Fsp3) is 0.317. The summed E-state index contributed by atoms with van der Waals surface area (Å²) in [4.78, 5) is 18.8. The number of fused-ring (bicyclic) bond motifs is 7. The smallest absolute Gasteiger partial charge is 0.183 e. The monoisotopic (exact) mass is 1430 g/mol. The third-order valence-corrected chi connectivity index (χ3v) is 14.4. The van der Waals surface area contributed by atoms with E-state index in [1.807, 2.05) is 140 Å². The van der Waals surface area contributed by atoms with Gasteiger partial charge in [0.2, 0.25) is 0 Å². The molecule has 7 nitrogen and oxygen atoms in total. The number of H-pyrrole nitrogens is 7. The Balaban J connectivity index is 0.000000578. The van der Waals surface area contributed by atoms with Crippen molar-refractivity contribution in [2.24, 2.45) is 0 Å². The van der Waals surface area contributed by atoms with E-state index in [4.69, 9.17) is 0 Å². The molecule has 0 fully saturated rings. The summed E-state index contributed by atoms with van der Waals surface area (Å²) < 4.78 is 170. The van der Waals surface area contributed by atoms with Gasteiger partial charge < -0.3 is 34.9 Å². The maximum atomic E-state index is 13.6. The van der Waals surface area contributed by atoms with E-state index >= 15 is 0 Å². The molecule has 7 aromatic heterocycles. The molecule has 0 aliphatic heterocycles. The third kappa shape index (κ3) is 23.2. The summed E-state index contributed by atoms with van der Waals surface area (Å²) in [7, 11) is 0. The fourth-order valence-corrected chi connectivity index (χ4v) is 9.42. The van der Waals surface area contributed by atoms with Crippen LogP contribution in [0.2, 0.25) is 0 Å². The third-order valence-electron chi connectivity index (χ3n) is 14.4. The van der Waals surface area contributed by atoms with Gasteiger partial charge in [0.25, 0.3) is 0 Å². The number of nitrogens with one attached hydrogen (secondary N) is 7. The summed E-state index contributed by atoms with van der Waals surface area (Å²) in [5.41, 5.74) is 5.50. The van der Waals surface area contributed by atoms with Crippen LogP contribution in [0.5, 0.6) is 0 Å². The number of benzene rings is 7. The second-order valence-electron chi connectivity index (χ2n) is 21.9. The van der Waals surface area contributed by atoms with Crippen LogP contribution in [0.25, 0.3) is 76.3 Å². The average Bonchev–Trinajstić information content (AvgIpc) is 1.51. The lowest BCUT2D eigenvalue weighted by Crippen LogP contribution is -2.11. The van der Waals surface area contributed by atoms with Gasteiger partial charge in [0.05, 0.1) is 38.6 Å². The standard InChI is InChI=1S/C12H14FN.C11H12FN.C10H10FN.C9H6F3N.2C9H7F2N.C8H4F3N.7C2H6/c1-12(2,3)9-6-8-4-5-14-11(8)10(13)7-9;1-7(2)9-5-8-3-4-13-11(8)10(12)6-9;1-2-7-5-8-3-4-12-10(8)9(11)6-7;1-4-6(10)5-2-3-13-9(5)8(12)7(4)11;1-5-4-7(10)9-6(8(5)11)2-3-12-9;1-5-4-6-2-3-12-9(6)8(11)7(5)10;9-5-3-6(10)7(11)8-4(5)1-2-12-8;7*1-2/h4-7,14H,1-3H3;3-7,13H,1-2H3;3-6,12H,2H2,1H3;2-3,13H,1H3;2*2-4,12H,1H3;1-3,12H;7*1-2H3. The van der Waals surface area contributed by atoms with E-state index < -0.39 is 52.4 Å². The average molecular weight is 1430 g/mol.